The van der Waals surface area contributed by atoms with Crippen LogP contribution in [-0.2, 0) is 0 Å². The Morgan fingerprint density at radius 2 is 1.56 bits per heavy atom. The van der Waals surface area contributed by atoms with Gasteiger partial charge in [-0.05, 0) is 36.5 Å². The van der Waals surface area contributed by atoms with E-state index in [-0.39, 0.29) is 6.10 Å². The van der Waals surface area contributed by atoms with E-state index in [0.717, 1.165) is 23.4 Å². The summed E-state index contributed by atoms with van der Waals surface area (Å²) in [5.41, 5.74) is 1.01. The summed E-state index contributed by atoms with van der Waals surface area (Å²) >= 11 is 5.85. The summed E-state index contributed by atoms with van der Waals surface area (Å²) in [6, 6.07) is 7.60. The Kier molecular flexibility index (Phi) is 4.25. The third-order valence-electron chi connectivity index (χ3n) is 3.56. The van der Waals surface area contributed by atoms with E-state index in [4.69, 9.17) is 11.6 Å². The average Bonchev–Trinajstić information content (AvgIpc) is 2.57. The minimum Gasteiger partial charge on any atom is -0.388 e. The Labute approximate surface area is 102 Å². The molecule has 0 saturated heterocycles. The molecular formula is C14H19ClO. The summed E-state index contributed by atoms with van der Waals surface area (Å²) < 4.78 is 0. The molecule has 1 fully saturated rings. The van der Waals surface area contributed by atoms with E-state index in [1.54, 1.807) is 0 Å². The van der Waals surface area contributed by atoms with Crippen molar-refractivity contribution >= 4 is 11.6 Å². The number of halogens is 1. The molecule has 1 atom stereocenters. The number of hydrogen-bond acceptors (Lipinski definition) is 1. The first-order valence-electron chi connectivity index (χ1n) is 6.21. The fourth-order valence-corrected chi connectivity index (χ4v) is 2.68. The fourth-order valence-electron chi connectivity index (χ4n) is 2.56. The van der Waals surface area contributed by atoms with Gasteiger partial charge < -0.3 is 5.11 Å². The Bertz CT molecular complexity index is 312. The maximum absolute atomic E-state index is 10.3. The van der Waals surface area contributed by atoms with Crippen LogP contribution in [0.4, 0.5) is 0 Å². The van der Waals surface area contributed by atoms with Gasteiger partial charge in [-0.2, -0.15) is 0 Å². The van der Waals surface area contributed by atoms with Crippen molar-refractivity contribution in [3.8, 4) is 0 Å². The van der Waals surface area contributed by atoms with Crippen LogP contribution in [-0.4, -0.2) is 5.11 Å². The number of rotatable bonds is 2. The molecule has 0 aromatic heterocycles. The molecule has 1 aliphatic carbocycles. The van der Waals surface area contributed by atoms with Gasteiger partial charge in [-0.25, -0.2) is 0 Å². The molecule has 1 N–H and O–H groups in total. The SMILES string of the molecule is OC(c1ccc(Cl)cc1)C1CCCCCC1. The lowest BCUT2D eigenvalue weighted by atomic mass is 9.89. The van der Waals surface area contributed by atoms with Gasteiger partial charge in [0.05, 0.1) is 6.10 Å². The molecule has 0 radical (unpaired) electrons. The number of aliphatic hydroxyl groups excluding tert-OH is 1. The Morgan fingerprint density at radius 1 is 1.00 bits per heavy atom. The molecule has 0 spiro atoms. The van der Waals surface area contributed by atoms with Gasteiger partial charge in [0.2, 0.25) is 0 Å². The van der Waals surface area contributed by atoms with Crippen molar-refractivity contribution in [1.82, 2.24) is 0 Å². The van der Waals surface area contributed by atoms with Crippen LogP contribution in [0.15, 0.2) is 24.3 Å². The predicted octanol–water partition coefficient (Wildman–Crippen LogP) is 4.34. The first-order valence-corrected chi connectivity index (χ1v) is 6.59. The van der Waals surface area contributed by atoms with Crippen LogP contribution >= 0.6 is 11.6 Å². The van der Waals surface area contributed by atoms with Gasteiger partial charge in [0.15, 0.2) is 0 Å². The topological polar surface area (TPSA) is 20.2 Å². The molecule has 1 aromatic carbocycles. The lowest BCUT2D eigenvalue weighted by Crippen LogP contribution is -2.11. The van der Waals surface area contributed by atoms with Gasteiger partial charge in [0.25, 0.3) is 0 Å². The van der Waals surface area contributed by atoms with Crippen molar-refractivity contribution in [3.05, 3.63) is 34.9 Å². The third kappa shape index (κ3) is 2.99. The van der Waals surface area contributed by atoms with E-state index in [1.165, 1.54) is 25.7 Å². The quantitative estimate of drug-likeness (QED) is 0.760. The molecule has 0 heterocycles. The summed E-state index contributed by atoms with van der Waals surface area (Å²) in [6.45, 7) is 0. The molecule has 1 saturated carbocycles. The second-order valence-electron chi connectivity index (χ2n) is 4.75. The highest BCUT2D eigenvalue weighted by Gasteiger charge is 2.21. The molecule has 16 heavy (non-hydrogen) atoms. The Balaban J connectivity index is 2.04. The monoisotopic (exact) mass is 238 g/mol. The highest BCUT2D eigenvalue weighted by Crippen LogP contribution is 2.33. The zero-order chi connectivity index (χ0) is 11.4. The van der Waals surface area contributed by atoms with Crippen molar-refractivity contribution in [1.29, 1.82) is 0 Å². The summed E-state index contributed by atoms with van der Waals surface area (Å²) in [6.07, 6.45) is 7.17. The van der Waals surface area contributed by atoms with Crippen LogP contribution in [0.1, 0.15) is 50.2 Å². The molecule has 1 unspecified atom stereocenters. The molecule has 1 aliphatic rings. The van der Waals surface area contributed by atoms with Crippen molar-refractivity contribution in [3.63, 3.8) is 0 Å². The lowest BCUT2D eigenvalue weighted by Gasteiger charge is -2.21. The van der Waals surface area contributed by atoms with Gasteiger partial charge in [-0.15, -0.1) is 0 Å². The van der Waals surface area contributed by atoms with Crippen molar-refractivity contribution in [2.45, 2.75) is 44.6 Å². The molecule has 1 aromatic rings. The number of benzene rings is 1. The molecule has 88 valence electrons. The van der Waals surface area contributed by atoms with Crippen molar-refractivity contribution in [2.75, 3.05) is 0 Å². The van der Waals surface area contributed by atoms with E-state index in [1.807, 2.05) is 24.3 Å². The third-order valence-corrected chi connectivity index (χ3v) is 3.81. The van der Waals surface area contributed by atoms with E-state index < -0.39 is 0 Å². The zero-order valence-corrected chi connectivity index (χ0v) is 10.3. The highest BCUT2D eigenvalue weighted by molar-refractivity contribution is 6.30. The summed E-state index contributed by atoms with van der Waals surface area (Å²) in [5.74, 6) is 0.434. The minimum atomic E-state index is -0.310. The van der Waals surface area contributed by atoms with Crippen LogP contribution in [0.3, 0.4) is 0 Å². The van der Waals surface area contributed by atoms with Gasteiger partial charge in [-0.3, -0.25) is 0 Å². The fraction of sp³-hybridized carbons (Fsp3) is 0.571. The second-order valence-corrected chi connectivity index (χ2v) is 5.18. The molecule has 0 amide bonds. The van der Waals surface area contributed by atoms with Crippen LogP contribution in [0.25, 0.3) is 0 Å². The average molecular weight is 239 g/mol. The van der Waals surface area contributed by atoms with Crippen LogP contribution in [0.5, 0.6) is 0 Å². The van der Waals surface area contributed by atoms with Gasteiger partial charge >= 0.3 is 0 Å². The first kappa shape index (κ1) is 11.9. The summed E-state index contributed by atoms with van der Waals surface area (Å²) in [4.78, 5) is 0. The molecule has 0 aliphatic heterocycles. The normalized spacial score (nSPS) is 20.4. The maximum atomic E-state index is 10.3. The Hall–Kier alpha value is -0.530. The first-order chi connectivity index (χ1) is 7.77. The minimum absolute atomic E-state index is 0.310. The summed E-state index contributed by atoms with van der Waals surface area (Å²) in [7, 11) is 0. The van der Waals surface area contributed by atoms with Crippen LogP contribution in [0.2, 0.25) is 5.02 Å². The molecule has 2 rings (SSSR count). The van der Waals surface area contributed by atoms with E-state index in [9.17, 15) is 5.11 Å². The summed E-state index contributed by atoms with van der Waals surface area (Å²) in [5, 5.41) is 11.1. The molecule has 2 heteroatoms. The highest BCUT2D eigenvalue weighted by atomic mass is 35.5. The molecule has 0 bridgehead atoms. The smallest absolute Gasteiger partial charge is 0.0818 e. The van der Waals surface area contributed by atoms with Crippen molar-refractivity contribution < 1.29 is 5.11 Å². The van der Waals surface area contributed by atoms with Crippen molar-refractivity contribution in [2.24, 2.45) is 5.92 Å². The number of hydrogen-bond donors (Lipinski definition) is 1. The number of aliphatic hydroxyl groups is 1. The predicted molar refractivity (Wildman–Crippen MR) is 67.6 cm³/mol. The van der Waals surface area contributed by atoms with Gasteiger partial charge in [0, 0.05) is 5.02 Å². The van der Waals surface area contributed by atoms with E-state index in [2.05, 4.69) is 0 Å². The molecular weight excluding hydrogens is 220 g/mol. The molecule has 1 nitrogen and oxygen atoms in total. The van der Waals surface area contributed by atoms with E-state index >= 15 is 0 Å². The standard InChI is InChI=1S/C14H19ClO/c15-13-9-7-12(8-10-13)14(16)11-5-3-1-2-4-6-11/h7-11,14,16H,1-6H2. The maximum Gasteiger partial charge on any atom is 0.0818 e. The van der Waals surface area contributed by atoms with Crippen LogP contribution in [0, 0.1) is 5.92 Å². The zero-order valence-electron chi connectivity index (χ0n) is 9.53. The van der Waals surface area contributed by atoms with Gasteiger partial charge in [-0.1, -0.05) is 49.4 Å². The largest absolute Gasteiger partial charge is 0.388 e. The Morgan fingerprint density at radius 3 is 2.12 bits per heavy atom. The van der Waals surface area contributed by atoms with Gasteiger partial charge in [0.1, 0.15) is 0 Å². The van der Waals surface area contributed by atoms with E-state index in [0.29, 0.717) is 5.92 Å². The second kappa shape index (κ2) is 5.70. The lowest BCUT2D eigenvalue weighted by molar-refractivity contribution is 0.0988. The van der Waals surface area contributed by atoms with Crippen LogP contribution < -0.4 is 0 Å².